The van der Waals surface area contributed by atoms with E-state index in [-0.39, 0.29) is 5.91 Å². The number of anilines is 2. The standard InChI is InChI=1S/C12H13N3O3S3/c1-8(16)14-12-13-7-11(20-12)19-10-5-3-9(4-6-10)15-21(2,17)18/h3-7,15H,1-2H3,(H,13,14,16). The van der Waals surface area contributed by atoms with Crippen LogP contribution >= 0.6 is 23.1 Å². The molecule has 0 fully saturated rings. The Labute approximate surface area is 131 Å². The lowest BCUT2D eigenvalue weighted by molar-refractivity contribution is -0.114. The van der Waals surface area contributed by atoms with E-state index in [1.807, 2.05) is 12.1 Å². The van der Waals surface area contributed by atoms with Gasteiger partial charge in [0.25, 0.3) is 0 Å². The summed E-state index contributed by atoms with van der Waals surface area (Å²) in [5, 5.41) is 3.18. The fourth-order valence-corrected chi connectivity index (χ4v) is 3.90. The van der Waals surface area contributed by atoms with Crippen molar-refractivity contribution in [1.29, 1.82) is 0 Å². The van der Waals surface area contributed by atoms with E-state index in [0.29, 0.717) is 10.8 Å². The lowest BCUT2D eigenvalue weighted by atomic mass is 10.3. The van der Waals surface area contributed by atoms with E-state index in [1.54, 1.807) is 18.3 Å². The Balaban J connectivity index is 2.03. The highest BCUT2D eigenvalue weighted by Crippen LogP contribution is 2.34. The number of hydrogen-bond acceptors (Lipinski definition) is 6. The minimum atomic E-state index is -3.26. The second-order valence-corrected chi connectivity index (χ2v) is 8.32. The second-order valence-electron chi connectivity index (χ2n) is 4.17. The van der Waals surface area contributed by atoms with Crippen LogP contribution in [-0.2, 0) is 14.8 Å². The first-order chi connectivity index (χ1) is 9.82. The van der Waals surface area contributed by atoms with E-state index < -0.39 is 10.0 Å². The Hall–Kier alpha value is -1.58. The molecular formula is C12H13N3O3S3. The predicted molar refractivity (Wildman–Crippen MR) is 85.4 cm³/mol. The van der Waals surface area contributed by atoms with Gasteiger partial charge in [0, 0.05) is 17.5 Å². The van der Waals surface area contributed by atoms with Crippen molar-refractivity contribution < 1.29 is 13.2 Å². The molecule has 9 heteroatoms. The van der Waals surface area contributed by atoms with Gasteiger partial charge in [0.15, 0.2) is 5.13 Å². The number of amides is 1. The van der Waals surface area contributed by atoms with Crippen molar-refractivity contribution >= 4 is 49.8 Å². The number of hydrogen-bond donors (Lipinski definition) is 2. The molecule has 0 spiro atoms. The summed E-state index contributed by atoms with van der Waals surface area (Å²) in [6, 6.07) is 7.02. The third-order valence-electron chi connectivity index (χ3n) is 2.14. The van der Waals surface area contributed by atoms with Crippen LogP contribution in [0.15, 0.2) is 39.6 Å². The van der Waals surface area contributed by atoms with Gasteiger partial charge in [-0.1, -0.05) is 23.1 Å². The minimum absolute atomic E-state index is 0.155. The van der Waals surface area contributed by atoms with E-state index >= 15 is 0 Å². The fourth-order valence-electron chi connectivity index (χ4n) is 1.44. The van der Waals surface area contributed by atoms with Crippen molar-refractivity contribution in [3.8, 4) is 0 Å². The third kappa shape index (κ3) is 5.37. The molecule has 0 atom stereocenters. The molecule has 6 nitrogen and oxygen atoms in total. The first-order valence-electron chi connectivity index (χ1n) is 5.81. The zero-order valence-corrected chi connectivity index (χ0v) is 13.7. The zero-order valence-electron chi connectivity index (χ0n) is 11.3. The van der Waals surface area contributed by atoms with Gasteiger partial charge in [-0.15, -0.1) is 0 Å². The molecule has 1 aromatic heterocycles. The molecule has 0 saturated carbocycles. The number of carbonyl (C=O) groups excluding carboxylic acids is 1. The molecule has 0 aliphatic heterocycles. The van der Waals surface area contributed by atoms with E-state index in [9.17, 15) is 13.2 Å². The van der Waals surface area contributed by atoms with Gasteiger partial charge >= 0.3 is 0 Å². The normalized spacial score (nSPS) is 11.1. The first kappa shape index (κ1) is 15.8. The van der Waals surface area contributed by atoms with E-state index in [1.165, 1.54) is 30.0 Å². The Morgan fingerprint density at radius 1 is 1.29 bits per heavy atom. The molecule has 1 amide bonds. The van der Waals surface area contributed by atoms with Crippen molar-refractivity contribution in [3.05, 3.63) is 30.5 Å². The van der Waals surface area contributed by atoms with Gasteiger partial charge in [0.05, 0.1) is 16.7 Å². The van der Waals surface area contributed by atoms with Gasteiger partial charge in [-0.25, -0.2) is 13.4 Å². The molecule has 0 aliphatic rings. The van der Waals surface area contributed by atoms with Crippen molar-refractivity contribution in [1.82, 2.24) is 4.98 Å². The van der Waals surface area contributed by atoms with Crippen LogP contribution in [0.5, 0.6) is 0 Å². The summed E-state index contributed by atoms with van der Waals surface area (Å²) in [6.45, 7) is 1.43. The minimum Gasteiger partial charge on any atom is -0.302 e. The maximum Gasteiger partial charge on any atom is 0.229 e. The van der Waals surface area contributed by atoms with Crippen molar-refractivity contribution in [2.45, 2.75) is 16.0 Å². The molecule has 0 bridgehead atoms. The SMILES string of the molecule is CC(=O)Nc1ncc(Sc2ccc(NS(C)(=O)=O)cc2)s1. The number of rotatable bonds is 5. The molecule has 2 N–H and O–H groups in total. The fraction of sp³-hybridized carbons (Fsp3) is 0.167. The summed E-state index contributed by atoms with van der Waals surface area (Å²) in [7, 11) is -3.26. The smallest absolute Gasteiger partial charge is 0.229 e. The van der Waals surface area contributed by atoms with Crippen LogP contribution < -0.4 is 10.0 Å². The van der Waals surface area contributed by atoms with Gasteiger partial charge < -0.3 is 5.32 Å². The zero-order chi connectivity index (χ0) is 15.5. The number of carbonyl (C=O) groups is 1. The summed E-state index contributed by atoms with van der Waals surface area (Å²) < 4.78 is 25.6. The highest BCUT2D eigenvalue weighted by Gasteiger charge is 2.06. The molecule has 1 heterocycles. The van der Waals surface area contributed by atoms with Gasteiger partial charge in [0.2, 0.25) is 15.9 Å². The van der Waals surface area contributed by atoms with Crippen LogP contribution in [0.3, 0.4) is 0 Å². The summed E-state index contributed by atoms with van der Waals surface area (Å²) in [4.78, 5) is 16.0. The predicted octanol–water partition coefficient (Wildman–Crippen LogP) is 2.62. The van der Waals surface area contributed by atoms with Crippen LogP contribution in [0.25, 0.3) is 0 Å². The highest BCUT2D eigenvalue weighted by atomic mass is 32.2. The lowest BCUT2D eigenvalue weighted by Crippen LogP contribution is -2.09. The molecule has 2 rings (SSSR count). The van der Waals surface area contributed by atoms with Crippen LogP contribution in [0, 0.1) is 0 Å². The molecule has 1 aromatic carbocycles. The molecule has 2 aromatic rings. The van der Waals surface area contributed by atoms with Crippen LogP contribution in [0.2, 0.25) is 0 Å². The van der Waals surface area contributed by atoms with Crippen molar-refractivity contribution in [2.75, 3.05) is 16.3 Å². The van der Waals surface area contributed by atoms with Crippen molar-refractivity contribution in [2.24, 2.45) is 0 Å². The monoisotopic (exact) mass is 343 g/mol. The Morgan fingerprint density at radius 2 is 1.95 bits per heavy atom. The number of nitrogens with one attached hydrogen (secondary N) is 2. The molecule has 0 radical (unpaired) electrons. The number of thiazole rings is 1. The molecule has 0 saturated heterocycles. The Morgan fingerprint density at radius 3 is 2.52 bits per heavy atom. The Bertz CT molecular complexity index is 739. The van der Waals surface area contributed by atoms with Gasteiger partial charge in [-0.2, -0.15) is 0 Å². The summed E-state index contributed by atoms with van der Waals surface area (Å²) in [5.41, 5.74) is 0.519. The van der Waals surface area contributed by atoms with Gasteiger partial charge in [0.1, 0.15) is 0 Å². The summed E-state index contributed by atoms with van der Waals surface area (Å²) >= 11 is 2.87. The molecule has 112 valence electrons. The molecular weight excluding hydrogens is 330 g/mol. The second kappa shape index (κ2) is 6.46. The molecule has 21 heavy (non-hydrogen) atoms. The van der Waals surface area contributed by atoms with Crippen LogP contribution in [-0.4, -0.2) is 25.6 Å². The highest BCUT2D eigenvalue weighted by molar-refractivity contribution is 8.01. The third-order valence-corrected chi connectivity index (χ3v) is 4.77. The van der Waals surface area contributed by atoms with E-state index in [0.717, 1.165) is 15.4 Å². The first-order valence-corrected chi connectivity index (χ1v) is 9.33. The number of nitrogens with zero attached hydrogens (tertiary/aromatic N) is 1. The maximum absolute atomic E-state index is 11.1. The summed E-state index contributed by atoms with van der Waals surface area (Å²) in [5.74, 6) is -0.155. The largest absolute Gasteiger partial charge is 0.302 e. The molecule has 0 aliphatic carbocycles. The maximum atomic E-state index is 11.1. The van der Waals surface area contributed by atoms with E-state index in [2.05, 4.69) is 15.0 Å². The lowest BCUT2D eigenvalue weighted by Gasteiger charge is -2.04. The summed E-state index contributed by atoms with van der Waals surface area (Å²) in [6.07, 6.45) is 2.79. The number of aromatic nitrogens is 1. The number of sulfonamides is 1. The van der Waals surface area contributed by atoms with Gasteiger partial charge in [-0.05, 0) is 24.3 Å². The topological polar surface area (TPSA) is 88.2 Å². The molecule has 0 unspecified atom stereocenters. The number of benzene rings is 1. The Kier molecular flexibility index (Phi) is 4.86. The average molecular weight is 343 g/mol. The van der Waals surface area contributed by atoms with Crippen LogP contribution in [0.1, 0.15) is 6.92 Å². The van der Waals surface area contributed by atoms with Crippen molar-refractivity contribution in [3.63, 3.8) is 0 Å². The van der Waals surface area contributed by atoms with Gasteiger partial charge in [-0.3, -0.25) is 9.52 Å². The average Bonchev–Trinajstić information content (AvgIpc) is 2.76. The van der Waals surface area contributed by atoms with E-state index in [4.69, 9.17) is 0 Å². The van der Waals surface area contributed by atoms with Crippen LogP contribution in [0.4, 0.5) is 10.8 Å². The quantitative estimate of drug-likeness (QED) is 0.871.